The summed E-state index contributed by atoms with van der Waals surface area (Å²) in [5, 5.41) is 0. The highest BCUT2D eigenvalue weighted by atomic mass is 32.2. The lowest BCUT2D eigenvalue weighted by Crippen LogP contribution is -3.15. The van der Waals surface area contributed by atoms with Crippen molar-refractivity contribution in [3.05, 3.63) is 12.7 Å². The van der Waals surface area contributed by atoms with Gasteiger partial charge in [0.2, 0.25) is 0 Å². The fourth-order valence-electron chi connectivity index (χ4n) is 2.54. The maximum atomic E-state index is 11.3. The predicted molar refractivity (Wildman–Crippen MR) is 93.8 cm³/mol. The summed E-state index contributed by atoms with van der Waals surface area (Å²) < 4.78 is 37.8. The van der Waals surface area contributed by atoms with E-state index in [-0.39, 0.29) is 23.8 Å². The molecule has 0 fully saturated rings. The lowest BCUT2D eigenvalue weighted by Gasteiger charge is -2.28. The number of rotatable bonds is 13. The molecule has 0 heterocycles. The molecule has 7 heteroatoms. The van der Waals surface area contributed by atoms with Gasteiger partial charge < -0.3 is 14.2 Å². The summed E-state index contributed by atoms with van der Waals surface area (Å²) in [6.45, 7) is 13.2. The standard InChI is InChI=1S/C17H33NO5S/c1-6-8-11-18(15(4)10-13-24(20,21)22)12-9-14(3)16(5)23-17(19)7-2/h7,14-16H,2,6,8-13H2,1,3-5H3,(H,20,21,22). The Morgan fingerprint density at radius 2 is 1.88 bits per heavy atom. The number of hydrogen-bond acceptors (Lipinski definition) is 5. The molecule has 0 bridgehead atoms. The van der Waals surface area contributed by atoms with Gasteiger partial charge in [0.15, 0.2) is 0 Å². The first-order valence-electron chi connectivity index (χ1n) is 8.71. The summed E-state index contributed by atoms with van der Waals surface area (Å²) in [6.07, 6.45) is 4.32. The Morgan fingerprint density at radius 1 is 1.25 bits per heavy atom. The monoisotopic (exact) mass is 363 g/mol. The van der Waals surface area contributed by atoms with E-state index in [1.807, 2.05) is 20.8 Å². The third-order valence-corrected chi connectivity index (χ3v) is 5.28. The summed E-state index contributed by atoms with van der Waals surface area (Å²) >= 11 is 0. The van der Waals surface area contributed by atoms with E-state index >= 15 is 0 Å². The number of nitrogens with one attached hydrogen (secondary N) is 1. The van der Waals surface area contributed by atoms with Crippen LogP contribution in [-0.2, 0) is 19.6 Å². The van der Waals surface area contributed by atoms with Crippen LogP contribution in [-0.4, -0.2) is 49.9 Å². The minimum atomic E-state index is -4.16. The number of esters is 1. The number of unbranched alkanes of at least 4 members (excludes halogenated alkanes) is 1. The van der Waals surface area contributed by atoms with Crippen LogP contribution >= 0.6 is 0 Å². The molecule has 0 aromatic rings. The Hall–Kier alpha value is -0.920. The van der Waals surface area contributed by atoms with Gasteiger partial charge in [-0.05, 0) is 26.2 Å². The van der Waals surface area contributed by atoms with Gasteiger partial charge in [-0.2, -0.15) is 0 Å². The first kappa shape index (κ1) is 23.1. The zero-order valence-electron chi connectivity index (χ0n) is 15.4. The van der Waals surface area contributed by atoms with Crippen molar-refractivity contribution in [1.29, 1.82) is 0 Å². The van der Waals surface area contributed by atoms with Crippen LogP contribution in [0.4, 0.5) is 0 Å². The summed E-state index contributed by atoms with van der Waals surface area (Å²) in [4.78, 5) is 12.6. The molecule has 0 saturated heterocycles. The van der Waals surface area contributed by atoms with E-state index in [1.165, 1.54) is 4.90 Å². The third-order valence-electron chi connectivity index (χ3n) is 4.54. The van der Waals surface area contributed by atoms with Gasteiger partial charge in [0.1, 0.15) is 6.10 Å². The number of hydrogen-bond donors (Lipinski definition) is 1. The lowest BCUT2D eigenvalue weighted by atomic mass is 10.0. The molecule has 0 aliphatic rings. The van der Waals surface area contributed by atoms with Gasteiger partial charge >= 0.3 is 5.97 Å². The Bertz CT molecular complexity index is 477. The molecule has 6 nitrogen and oxygen atoms in total. The SMILES string of the molecule is C=CC(=O)OC(C)C(C)CC[NH+](CCCC)C(C)CCS(=O)(=O)[O-]. The molecule has 142 valence electrons. The molecule has 1 N–H and O–H groups in total. The average molecular weight is 364 g/mol. The molecule has 24 heavy (non-hydrogen) atoms. The predicted octanol–water partition coefficient (Wildman–Crippen LogP) is 1.14. The topological polar surface area (TPSA) is 87.9 Å². The zero-order valence-corrected chi connectivity index (χ0v) is 16.2. The van der Waals surface area contributed by atoms with Crippen molar-refractivity contribution in [2.75, 3.05) is 18.8 Å². The molecule has 0 aromatic heterocycles. The van der Waals surface area contributed by atoms with Crippen LogP contribution in [0.25, 0.3) is 0 Å². The molecule has 0 aliphatic carbocycles. The number of quaternary nitrogens is 1. The van der Waals surface area contributed by atoms with Crippen molar-refractivity contribution < 1.29 is 27.4 Å². The number of carbonyl (C=O) groups is 1. The maximum Gasteiger partial charge on any atom is 0.330 e. The van der Waals surface area contributed by atoms with E-state index in [0.717, 1.165) is 38.4 Å². The smallest absolute Gasteiger partial charge is 0.330 e. The first-order valence-corrected chi connectivity index (χ1v) is 10.3. The second kappa shape index (κ2) is 11.6. The molecule has 0 saturated carbocycles. The van der Waals surface area contributed by atoms with Crippen molar-refractivity contribution in [3.8, 4) is 0 Å². The van der Waals surface area contributed by atoms with E-state index in [1.54, 1.807) is 0 Å². The van der Waals surface area contributed by atoms with Crippen molar-refractivity contribution in [2.45, 2.75) is 65.5 Å². The van der Waals surface area contributed by atoms with E-state index in [4.69, 9.17) is 4.74 Å². The Labute approximate surface area is 147 Å². The fraction of sp³-hybridized carbons (Fsp3) is 0.824. The highest BCUT2D eigenvalue weighted by Crippen LogP contribution is 2.11. The number of carbonyl (C=O) groups excluding carboxylic acids is 1. The maximum absolute atomic E-state index is 11.3. The van der Waals surface area contributed by atoms with Crippen LogP contribution in [0.1, 0.15) is 53.4 Å². The summed E-state index contributed by atoms with van der Waals surface area (Å²) in [5.74, 6) is -0.535. The van der Waals surface area contributed by atoms with Crippen LogP contribution < -0.4 is 4.90 Å². The van der Waals surface area contributed by atoms with Crippen LogP contribution in [0, 0.1) is 5.92 Å². The van der Waals surface area contributed by atoms with Crippen LogP contribution in [0.5, 0.6) is 0 Å². The molecular formula is C17H33NO5S. The molecule has 0 rings (SSSR count). The normalized spacial score (nSPS) is 16.9. The molecule has 4 unspecified atom stereocenters. The largest absolute Gasteiger partial charge is 0.748 e. The average Bonchev–Trinajstić information content (AvgIpc) is 2.51. The van der Waals surface area contributed by atoms with Crippen LogP contribution in [0.2, 0.25) is 0 Å². The van der Waals surface area contributed by atoms with E-state index < -0.39 is 16.1 Å². The summed E-state index contributed by atoms with van der Waals surface area (Å²) in [7, 11) is -4.16. The first-order chi connectivity index (χ1) is 11.1. The Kier molecular flexibility index (Phi) is 11.2. The fourth-order valence-corrected chi connectivity index (χ4v) is 3.18. The minimum Gasteiger partial charge on any atom is -0.748 e. The molecular weight excluding hydrogens is 330 g/mol. The summed E-state index contributed by atoms with van der Waals surface area (Å²) in [6, 6.07) is 0.110. The molecule has 0 aliphatic heterocycles. The lowest BCUT2D eigenvalue weighted by molar-refractivity contribution is -0.924. The van der Waals surface area contributed by atoms with Crippen LogP contribution in [0.15, 0.2) is 12.7 Å². The quantitative estimate of drug-likeness (QED) is 0.301. The number of ether oxygens (including phenoxy) is 1. The minimum absolute atomic E-state index is 0.110. The van der Waals surface area contributed by atoms with Gasteiger partial charge in [0, 0.05) is 24.7 Å². The zero-order chi connectivity index (χ0) is 18.8. The van der Waals surface area contributed by atoms with Crippen molar-refractivity contribution >= 4 is 16.1 Å². The van der Waals surface area contributed by atoms with Gasteiger partial charge in [0.05, 0.1) is 29.2 Å². The third kappa shape index (κ3) is 10.8. The molecule has 4 atom stereocenters. The van der Waals surface area contributed by atoms with E-state index in [2.05, 4.69) is 13.5 Å². The van der Waals surface area contributed by atoms with Gasteiger partial charge in [-0.25, -0.2) is 13.2 Å². The van der Waals surface area contributed by atoms with Gasteiger partial charge in [-0.1, -0.05) is 26.8 Å². The second-order valence-electron chi connectivity index (χ2n) is 6.58. The van der Waals surface area contributed by atoms with Gasteiger partial charge in [0.25, 0.3) is 0 Å². The Balaban J connectivity index is 4.54. The highest BCUT2D eigenvalue weighted by molar-refractivity contribution is 7.85. The van der Waals surface area contributed by atoms with Gasteiger partial charge in [-0.3, -0.25) is 0 Å². The molecule has 0 aromatic carbocycles. The van der Waals surface area contributed by atoms with Crippen molar-refractivity contribution in [1.82, 2.24) is 0 Å². The molecule has 0 amide bonds. The van der Waals surface area contributed by atoms with Crippen molar-refractivity contribution in [3.63, 3.8) is 0 Å². The van der Waals surface area contributed by atoms with Crippen LogP contribution in [0.3, 0.4) is 0 Å². The highest BCUT2D eigenvalue weighted by Gasteiger charge is 2.22. The Morgan fingerprint density at radius 3 is 2.38 bits per heavy atom. The van der Waals surface area contributed by atoms with E-state index in [0.29, 0.717) is 6.42 Å². The van der Waals surface area contributed by atoms with Gasteiger partial charge in [-0.15, -0.1) is 0 Å². The van der Waals surface area contributed by atoms with E-state index in [9.17, 15) is 17.8 Å². The van der Waals surface area contributed by atoms with Crippen molar-refractivity contribution in [2.24, 2.45) is 5.92 Å². The molecule has 0 spiro atoms. The summed E-state index contributed by atoms with van der Waals surface area (Å²) in [5.41, 5.74) is 0. The molecule has 0 radical (unpaired) electrons. The second-order valence-corrected chi connectivity index (χ2v) is 8.10.